The van der Waals surface area contributed by atoms with E-state index in [1.54, 1.807) is 0 Å². The minimum atomic E-state index is -5.03. The summed E-state index contributed by atoms with van der Waals surface area (Å²) >= 11 is 0. The summed E-state index contributed by atoms with van der Waals surface area (Å²) in [4.78, 5) is 0. The number of aliphatic hydroxyl groups excluding tert-OH is 1. The first kappa shape index (κ1) is 14.6. The number of rotatable bonds is 2. The smallest absolute Gasteiger partial charge is 0.419 e. The second-order valence-corrected chi connectivity index (χ2v) is 3.40. The van der Waals surface area contributed by atoms with Crippen molar-refractivity contribution in [3.8, 4) is 5.75 Å². The fraction of sp³-hybridized carbons (Fsp3) is 0.400. The highest BCUT2D eigenvalue weighted by Crippen LogP contribution is 2.40. The van der Waals surface area contributed by atoms with Crippen molar-refractivity contribution < 1.29 is 36.2 Å². The third-order valence-corrected chi connectivity index (χ3v) is 2.15. The predicted molar refractivity (Wildman–Crippen MR) is 49.0 cm³/mol. The summed E-state index contributed by atoms with van der Waals surface area (Å²) in [6.45, 7) is 0. The van der Waals surface area contributed by atoms with Crippen molar-refractivity contribution in [3.05, 3.63) is 29.3 Å². The second-order valence-electron chi connectivity index (χ2n) is 3.40. The van der Waals surface area contributed by atoms with Gasteiger partial charge in [-0.3, -0.25) is 0 Å². The van der Waals surface area contributed by atoms with Crippen molar-refractivity contribution in [1.29, 1.82) is 0 Å². The Balaban J connectivity index is 3.28. The Labute approximate surface area is 97.8 Å². The summed E-state index contributed by atoms with van der Waals surface area (Å²) in [5, 5.41) is 8.88. The number of benzene rings is 1. The molecule has 0 saturated heterocycles. The largest absolute Gasteiger partial charge is 0.496 e. The van der Waals surface area contributed by atoms with E-state index in [9.17, 15) is 26.3 Å². The quantitative estimate of drug-likeness (QED) is 0.838. The third kappa shape index (κ3) is 3.06. The fourth-order valence-electron chi connectivity index (χ4n) is 1.31. The van der Waals surface area contributed by atoms with Gasteiger partial charge in [0.1, 0.15) is 5.75 Å². The van der Waals surface area contributed by atoms with Crippen LogP contribution in [0.5, 0.6) is 5.75 Å². The molecule has 0 radical (unpaired) electrons. The lowest BCUT2D eigenvalue weighted by Gasteiger charge is -2.18. The number of methoxy groups -OCH3 is 1. The van der Waals surface area contributed by atoms with Crippen LogP contribution in [-0.2, 0) is 6.18 Å². The normalized spacial score (nSPS) is 14.4. The molecule has 0 fully saturated rings. The molecule has 1 atom stereocenters. The maximum atomic E-state index is 12.5. The minimum absolute atomic E-state index is 0.219. The molecule has 1 rings (SSSR count). The molecule has 1 N–H and O–H groups in total. The molecule has 0 aliphatic heterocycles. The van der Waals surface area contributed by atoms with Crippen LogP contribution < -0.4 is 4.74 Å². The molecule has 1 unspecified atom stereocenters. The minimum Gasteiger partial charge on any atom is -0.496 e. The highest BCUT2D eigenvalue weighted by Gasteiger charge is 2.41. The number of ether oxygens (including phenoxy) is 1. The van der Waals surface area contributed by atoms with E-state index in [1.165, 1.54) is 0 Å². The Morgan fingerprint density at radius 1 is 1.11 bits per heavy atom. The van der Waals surface area contributed by atoms with E-state index in [2.05, 4.69) is 4.74 Å². The predicted octanol–water partition coefficient (Wildman–Crippen LogP) is 3.31. The molecule has 0 saturated carbocycles. The second kappa shape index (κ2) is 4.68. The molecule has 1 aromatic carbocycles. The monoisotopic (exact) mass is 274 g/mol. The molecule has 0 aliphatic rings. The van der Waals surface area contributed by atoms with Crippen LogP contribution in [0.4, 0.5) is 26.3 Å². The molecule has 0 amide bonds. The molecule has 102 valence electrons. The van der Waals surface area contributed by atoms with Gasteiger partial charge in [-0.1, -0.05) is 6.07 Å². The lowest BCUT2D eigenvalue weighted by molar-refractivity contribution is -0.207. The summed E-state index contributed by atoms with van der Waals surface area (Å²) in [5.41, 5.74) is -2.26. The summed E-state index contributed by atoms with van der Waals surface area (Å²) in [6, 6.07) is 1.68. The van der Waals surface area contributed by atoms with Crippen molar-refractivity contribution in [2.45, 2.75) is 18.5 Å². The molecular weight excluding hydrogens is 266 g/mol. The van der Waals surface area contributed by atoms with Gasteiger partial charge in [-0.25, -0.2) is 0 Å². The maximum Gasteiger partial charge on any atom is 0.419 e. The average Bonchev–Trinajstić information content (AvgIpc) is 2.24. The number of hydrogen-bond donors (Lipinski definition) is 1. The molecule has 18 heavy (non-hydrogen) atoms. The molecule has 0 aromatic heterocycles. The molecule has 0 spiro atoms. The Hall–Kier alpha value is -1.44. The van der Waals surface area contributed by atoms with Crippen LogP contribution in [0.2, 0.25) is 0 Å². The maximum absolute atomic E-state index is 12.5. The lowest BCUT2D eigenvalue weighted by Crippen LogP contribution is -2.21. The Morgan fingerprint density at radius 3 is 2.06 bits per heavy atom. The summed E-state index contributed by atoms with van der Waals surface area (Å²) < 4.78 is 78.6. The van der Waals surface area contributed by atoms with Crippen LogP contribution in [0.1, 0.15) is 17.2 Å². The van der Waals surface area contributed by atoms with Gasteiger partial charge in [-0.15, -0.1) is 0 Å². The zero-order valence-electron chi connectivity index (χ0n) is 8.93. The SMILES string of the molecule is COc1ccc(C(O)C(F)(F)F)cc1C(F)(F)F. The van der Waals surface area contributed by atoms with Crippen molar-refractivity contribution in [2.75, 3.05) is 7.11 Å². The number of halogens is 6. The van der Waals surface area contributed by atoms with Gasteiger partial charge in [-0.2, -0.15) is 26.3 Å². The number of alkyl halides is 6. The first-order valence-electron chi connectivity index (χ1n) is 4.57. The van der Waals surface area contributed by atoms with Crippen LogP contribution in [0.25, 0.3) is 0 Å². The topological polar surface area (TPSA) is 29.5 Å². The first-order chi connectivity index (χ1) is 8.07. The number of hydrogen-bond acceptors (Lipinski definition) is 2. The van der Waals surface area contributed by atoms with E-state index in [-0.39, 0.29) is 6.07 Å². The Morgan fingerprint density at radius 2 is 1.67 bits per heavy atom. The van der Waals surface area contributed by atoms with E-state index in [0.717, 1.165) is 19.2 Å². The first-order valence-corrected chi connectivity index (χ1v) is 4.57. The molecular formula is C10H8F6O2. The van der Waals surface area contributed by atoms with Gasteiger partial charge in [0.25, 0.3) is 0 Å². The third-order valence-electron chi connectivity index (χ3n) is 2.15. The van der Waals surface area contributed by atoms with Crippen LogP contribution in [-0.4, -0.2) is 18.4 Å². The summed E-state index contributed by atoms with van der Waals surface area (Å²) in [6.07, 6.45) is -12.9. The van der Waals surface area contributed by atoms with Crippen molar-refractivity contribution in [3.63, 3.8) is 0 Å². The molecule has 0 aliphatic carbocycles. The van der Waals surface area contributed by atoms with Gasteiger partial charge in [0, 0.05) is 0 Å². The van der Waals surface area contributed by atoms with Crippen LogP contribution in [0, 0.1) is 0 Å². The van der Waals surface area contributed by atoms with Gasteiger partial charge in [0.15, 0.2) is 6.10 Å². The lowest BCUT2D eigenvalue weighted by atomic mass is 10.0. The standard InChI is InChI=1S/C10H8F6O2/c1-18-7-3-2-5(8(17)10(14,15)16)4-6(7)9(11,12)13/h2-4,8,17H,1H3. The molecule has 2 nitrogen and oxygen atoms in total. The molecule has 0 bridgehead atoms. The van der Waals surface area contributed by atoms with E-state index in [1.807, 2.05) is 0 Å². The van der Waals surface area contributed by atoms with E-state index in [0.29, 0.717) is 0 Å². The van der Waals surface area contributed by atoms with Crippen molar-refractivity contribution >= 4 is 0 Å². The zero-order chi connectivity index (χ0) is 14.1. The van der Waals surface area contributed by atoms with E-state index >= 15 is 0 Å². The Kier molecular flexibility index (Phi) is 3.80. The van der Waals surface area contributed by atoms with Crippen molar-refractivity contribution in [2.24, 2.45) is 0 Å². The molecule has 8 heteroatoms. The van der Waals surface area contributed by atoms with E-state index in [4.69, 9.17) is 5.11 Å². The van der Waals surface area contributed by atoms with Gasteiger partial charge in [-0.05, 0) is 17.7 Å². The zero-order valence-corrected chi connectivity index (χ0v) is 8.93. The summed E-state index contributed by atoms with van der Waals surface area (Å²) in [7, 11) is 0.963. The van der Waals surface area contributed by atoms with Gasteiger partial charge < -0.3 is 9.84 Å². The van der Waals surface area contributed by atoms with Crippen molar-refractivity contribution in [1.82, 2.24) is 0 Å². The van der Waals surface area contributed by atoms with Crippen LogP contribution in [0.3, 0.4) is 0 Å². The highest BCUT2D eigenvalue weighted by molar-refractivity contribution is 5.40. The Bertz CT molecular complexity index is 423. The summed E-state index contributed by atoms with van der Waals surface area (Å²) in [5.74, 6) is -0.611. The van der Waals surface area contributed by atoms with Gasteiger partial charge in [0.05, 0.1) is 12.7 Å². The number of aliphatic hydroxyl groups is 1. The highest BCUT2D eigenvalue weighted by atomic mass is 19.4. The van der Waals surface area contributed by atoms with Crippen LogP contribution >= 0.6 is 0 Å². The molecule has 0 heterocycles. The van der Waals surface area contributed by atoms with Gasteiger partial charge in [0.2, 0.25) is 0 Å². The fourth-order valence-corrected chi connectivity index (χ4v) is 1.31. The van der Waals surface area contributed by atoms with E-state index < -0.39 is 35.3 Å². The van der Waals surface area contributed by atoms with Crippen LogP contribution in [0.15, 0.2) is 18.2 Å². The van der Waals surface area contributed by atoms with Gasteiger partial charge >= 0.3 is 12.4 Å². The molecule has 1 aromatic rings. The average molecular weight is 274 g/mol.